The summed E-state index contributed by atoms with van der Waals surface area (Å²) in [6, 6.07) is 6.06. The normalized spacial score (nSPS) is 11.1. The first-order chi connectivity index (χ1) is 6.36. The molecule has 0 spiro atoms. The summed E-state index contributed by atoms with van der Waals surface area (Å²) in [7, 11) is 0. The highest BCUT2D eigenvalue weighted by molar-refractivity contribution is 7.12. The molecule has 2 N–H and O–H groups in total. The molecular weight excluding hydrogens is 198 g/mol. The molecule has 0 saturated carbocycles. The average molecular weight is 207 g/mol. The second kappa shape index (κ2) is 3.77. The molecule has 2 heterocycles. The standard InChI is InChI=1S/C10H9NS2/c11-9-5-7-13-10(9)4-3-8-2-1-6-12-8/h1-7H,11H2/b4-3+. The summed E-state index contributed by atoms with van der Waals surface area (Å²) in [5.41, 5.74) is 6.60. The van der Waals surface area contributed by atoms with Crippen molar-refractivity contribution in [3.63, 3.8) is 0 Å². The van der Waals surface area contributed by atoms with E-state index in [9.17, 15) is 0 Å². The van der Waals surface area contributed by atoms with Crippen molar-refractivity contribution in [2.75, 3.05) is 5.73 Å². The molecule has 0 atom stereocenters. The van der Waals surface area contributed by atoms with Crippen LogP contribution in [0.5, 0.6) is 0 Å². The maximum absolute atomic E-state index is 5.74. The number of hydrogen-bond donors (Lipinski definition) is 1. The minimum Gasteiger partial charge on any atom is -0.398 e. The molecule has 2 rings (SSSR count). The SMILES string of the molecule is Nc1ccsc1/C=C/c1cccs1. The number of rotatable bonds is 2. The largest absolute Gasteiger partial charge is 0.398 e. The topological polar surface area (TPSA) is 26.0 Å². The molecule has 0 saturated heterocycles. The summed E-state index contributed by atoms with van der Waals surface area (Å²) in [6.07, 6.45) is 4.15. The zero-order chi connectivity index (χ0) is 9.10. The predicted octanol–water partition coefficient (Wildman–Crippen LogP) is 3.56. The molecular formula is C10H9NS2. The van der Waals surface area contributed by atoms with E-state index in [4.69, 9.17) is 5.73 Å². The van der Waals surface area contributed by atoms with Crippen LogP contribution in [0.1, 0.15) is 9.75 Å². The Labute approximate surface area is 85.1 Å². The lowest BCUT2D eigenvalue weighted by atomic mass is 10.3. The predicted molar refractivity (Wildman–Crippen MR) is 62.0 cm³/mol. The molecule has 0 aromatic carbocycles. The molecule has 0 aliphatic rings. The third-order valence-electron chi connectivity index (χ3n) is 1.67. The molecule has 0 amide bonds. The highest BCUT2D eigenvalue weighted by Gasteiger charge is 1.94. The van der Waals surface area contributed by atoms with Crippen LogP contribution in [0.4, 0.5) is 5.69 Å². The van der Waals surface area contributed by atoms with Crippen LogP contribution in [-0.4, -0.2) is 0 Å². The maximum atomic E-state index is 5.74. The number of hydrogen-bond acceptors (Lipinski definition) is 3. The van der Waals surface area contributed by atoms with Gasteiger partial charge in [0.25, 0.3) is 0 Å². The minimum atomic E-state index is 0.859. The van der Waals surface area contributed by atoms with E-state index in [-0.39, 0.29) is 0 Å². The monoisotopic (exact) mass is 207 g/mol. The first-order valence-corrected chi connectivity index (χ1v) is 5.67. The molecule has 0 aliphatic heterocycles. The summed E-state index contributed by atoms with van der Waals surface area (Å²) in [4.78, 5) is 2.39. The Morgan fingerprint density at radius 1 is 1.08 bits per heavy atom. The van der Waals surface area contributed by atoms with Gasteiger partial charge in [0.05, 0.1) is 0 Å². The van der Waals surface area contributed by atoms with Gasteiger partial charge in [0.15, 0.2) is 0 Å². The third kappa shape index (κ3) is 1.99. The summed E-state index contributed by atoms with van der Waals surface area (Å²) < 4.78 is 0. The van der Waals surface area contributed by atoms with Crippen LogP contribution in [0.3, 0.4) is 0 Å². The minimum absolute atomic E-state index is 0.859. The molecule has 0 bridgehead atoms. The van der Waals surface area contributed by atoms with Crippen LogP contribution in [0.25, 0.3) is 12.2 Å². The van der Waals surface area contributed by atoms with Gasteiger partial charge in [-0.3, -0.25) is 0 Å². The Kier molecular flexibility index (Phi) is 2.47. The van der Waals surface area contributed by atoms with E-state index < -0.39 is 0 Å². The van der Waals surface area contributed by atoms with Crippen molar-refractivity contribution >= 4 is 40.5 Å². The zero-order valence-corrected chi connectivity index (χ0v) is 8.57. The van der Waals surface area contributed by atoms with Crippen molar-refractivity contribution in [1.82, 2.24) is 0 Å². The highest BCUT2D eigenvalue weighted by atomic mass is 32.1. The summed E-state index contributed by atoms with van der Waals surface area (Å²) >= 11 is 3.39. The van der Waals surface area contributed by atoms with Crippen molar-refractivity contribution in [1.29, 1.82) is 0 Å². The lowest BCUT2D eigenvalue weighted by Gasteiger charge is -1.88. The Bertz CT molecular complexity index is 398. The molecule has 0 radical (unpaired) electrons. The first kappa shape index (κ1) is 8.53. The second-order valence-electron chi connectivity index (χ2n) is 2.59. The van der Waals surface area contributed by atoms with Crippen molar-refractivity contribution < 1.29 is 0 Å². The van der Waals surface area contributed by atoms with Gasteiger partial charge in [-0.2, -0.15) is 0 Å². The number of nitrogen functional groups attached to an aromatic ring is 1. The van der Waals surface area contributed by atoms with Gasteiger partial charge in [-0.05, 0) is 35.0 Å². The smallest absolute Gasteiger partial charge is 0.0500 e. The van der Waals surface area contributed by atoms with E-state index in [1.54, 1.807) is 22.7 Å². The van der Waals surface area contributed by atoms with E-state index >= 15 is 0 Å². The van der Waals surface area contributed by atoms with Crippen molar-refractivity contribution in [3.8, 4) is 0 Å². The summed E-state index contributed by atoms with van der Waals surface area (Å²) in [5, 5.41) is 4.07. The average Bonchev–Trinajstić information content (AvgIpc) is 2.72. The number of thiophene rings is 2. The van der Waals surface area contributed by atoms with Crippen LogP contribution in [0, 0.1) is 0 Å². The molecule has 13 heavy (non-hydrogen) atoms. The molecule has 3 heteroatoms. The fourth-order valence-electron chi connectivity index (χ4n) is 1.01. The van der Waals surface area contributed by atoms with Gasteiger partial charge in [-0.25, -0.2) is 0 Å². The quantitative estimate of drug-likeness (QED) is 0.800. The van der Waals surface area contributed by atoms with E-state index in [1.807, 2.05) is 17.5 Å². The first-order valence-electron chi connectivity index (χ1n) is 3.91. The van der Waals surface area contributed by atoms with Crippen LogP contribution in [-0.2, 0) is 0 Å². The van der Waals surface area contributed by atoms with Gasteiger partial charge >= 0.3 is 0 Å². The van der Waals surface area contributed by atoms with Gasteiger partial charge in [0, 0.05) is 15.4 Å². The molecule has 2 aromatic rings. The molecule has 1 nitrogen and oxygen atoms in total. The van der Waals surface area contributed by atoms with Gasteiger partial charge in [0.2, 0.25) is 0 Å². The van der Waals surface area contributed by atoms with Crippen LogP contribution >= 0.6 is 22.7 Å². The molecule has 2 aromatic heterocycles. The fraction of sp³-hybridized carbons (Fsp3) is 0. The lowest BCUT2D eigenvalue weighted by Crippen LogP contribution is -1.80. The number of nitrogens with two attached hydrogens (primary N) is 1. The van der Waals surface area contributed by atoms with Crippen LogP contribution in [0.15, 0.2) is 29.0 Å². The lowest BCUT2D eigenvalue weighted by molar-refractivity contribution is 1.85. The van der Waals surface area contributed by atoms with Crippen molar-refractivity contribution in [3.05, 3.63) is 38.7 Å². The highest BCUT2D eigenvalue weighted by Crippen LogP contribution is 2.22. The Balaban J connectivity index is 2.19. The van der Waals surface area contributed by atoms with Crippen molar-refractivity contribution in [2.24, 2.45) is 0 Å². The molecule has 66 valence electrons. The van der Waals surface area contributed by atoms with Gasteiger partial charge in [-0.15, -0.1) is 22.7 Å². The van der Waals surface area contributed by atoms with Crippen LogP contribution < -0.4 is 5.73 Å². The molecule has 0 unspecified atom stereocenters. The second-order valence-corrected chi connectivity index (χ2v) is 4.52. The Hall–Kier alpha value is -1.06. The van der Waals surface area contributed by atoms with E-state index in [1.165, 1.54) is 4.88 Å². The Morgan fingerprint density at radius 3 is 2.62 bits per heavy atom. The van der Waals surface area contributed by atoms with E-state index in [0.717, 1.165) is 10.6 Å². The van der Waals surface area contributed by atoms with E-state index in [0.29, 0.717) is 0 Å². The maximum Gasteiger partial charge on any atom is 0.0500 e. The molecule has 0 aliphatic carbocycles. The summed E-state index contributed by atoms with van der Waals surface area (Å²) in [6.45, 7) is 0. The zero-order valence-electron chi connectivity index (χ0n) is 6.94. The summed E-state index contributed by atoms with van der Waals surface area (Å²) in [5.74, 6) is 0. The van der Waals surface area contributed by atoms with Gasteiger partial charge < -0.3 is 5.73 Å². The Morgan fingerprint density at radius 2 is 2.00 bits per heavy atom. The third-order valence-corrected chi connectivity index (χ3v) is 3.40. The van der Waals surface area contributed by atoms with Gasteiger partial charge in [0.1, 0.15) is 0 Å². The number of anilines is 1. The van der Waals surface area contributed by atoms with Crippen molar-refractivity contribution in [2.45, 2.75) is 0 Å². The van der Waals surface area contributed by atoms with Gasteiger partial charge in [-0.1, -0.05) is 6.07 Å². The van der Waals surface area contributed by atoms with E-state index in [2.05, 4.69) is 23.6 Å². The molecule has 0 fully saturated rings. The van der Waals surface area contributed by atoms with Crippen LogP contribution in [0.2, 0.25) is 0 Å². The fourth-order valence-corrected chi connectivity index (χ4v) is 2.34.